The van der Waals surface area contributed by atoms with Crippen molar-refractivity contribution in [1.82, 2.24) is 0 Å². The Morgan fingerprint density at radius 2 is 2.12 bits per heavy atom. The second kappa shape index (κ2) is 5.35. The minimum atomic E-state index is -0.562. The molecule has 1 N–H and O–H groups in total. The summed E-state index contributed by atoms with van der Waals surface area (Å²) in [5.74, 6) is -0.779. The van der Waals surface area contributed by atoms with E-state index in [4.69, 9.17) is 9.15 Å². The predicted molar refractivity (Wildman–Crippen MR) is 56.6 cm³/mol. The number of esters is 1. The molecule has 17 heavy (non-hydrogen) atoms. The summed E-state index contributed by atoms with van der Waals surface area (Å²) in [6.07, 6.45) is 0. The van der Waals surface area contributed by atoms with Crippen LogP contribution in [0.1, 0.15) is 8.35 Å². The van der Waals surface area contributed by atoms with E-state index in [1.165, 1.54) is 31.2 Å². The number of phenols is 1. The van der Waals surface area contributed by atoms with E-state index in [-0.39, 0.29) is 48.1 Å². The van der Waals surface area contributed by atoms with Crippen molar-refractivity contribution in [2.24, 2.45) is 0 Å². The van der Waals surface area contributed by atoms with Crippen LogP contribution < -0.4 is 39.9 Å². The Morgan fingerprint density at radius 1 is 1.41 bits per heavy atom. The molecule has 0 aliphatic rings. The van der Waals surface area contributed by atoms with E-state index in [1.807, 2.05) is 0 Å². The Labute approximate surface area is 120 Å². The van der Waals surface area contributed by atoms with Crippen LogP contribution in [-0.2, 0) is 4.79 Å². The average Bonchev–Trinajstić information content (AvgIpc) is 2.19. The van der Waals surface area contributed by atoms with Gasteiger partial charge in [0.2, 0.25) is 0 Å². The van der Waals surface area contributed by atoms with Gasteiger partial charge in [0.1, 0.15) is 5.58 Å². The van der Waals surface area contributed by atoms with Gasteiger partial charge >= 0.3 is 41.2 Å². The molecule has 84 valence electrons. The fourth-order valence-corrected chi connectivity index (χ4v) is 1.32. The summed E-state index contributed by atoms with van der Waals surface area (Å²) in [5.41, 5.74) is -0.256. The molecule has 1 aromatic heterocycles. The maximum Gasteiger partial charge on any atom is 1.00 e. The van der Waals surface area contributed by atoms with Crippen molar-refractivity contribution in [2.45, 2.75) is 6.92 Å². The van der Waals surface area contributed by atoms with Crippen molar-refractivity contribution in [3.63, 3.8) is 0 Å². The van der Waals surface area contributed by atoms with Gasteiger partial charge in [-0.05, 0) is 12.1 Å². The molecule has 0 unspecified atom stereocenters. The van der Waals surface area contributed by atoms with Crippen LogP contribution >= 0.6 is 0 Å². The standard InChI is InChI=1S/C11H8O5.Na.H/c1-6(12)15-10-5-9-7(4-8(10)13)2-3-11(14)16-9;;/h2-5,13H,1H3;;/q;+1;-1. The van der Waals surface area contributed by atoms with Gasteiger partial charge < -0.3 is 15.7 Å². The molecule has 0 saturated carbocycles. The van der Waals surface area contributed by atoms with Crippen molar-refractivity contribution in [3.8, 4) is 11.5 Å². The number of hydrogen-bond acceptors (Lipinski definition) is 5. The molecule has 0 atom stereocenters. The first-order valence-electron chi connectivity index (χ1n) is 4.51. The van der Waals surface area contributed by atoms with Gasteiger partial charge in [-0.3, -0.25) is 4.79 Å². The summed E-state index contributed by atoms with van der Waals surface area (Å²) < 4.78 is 9.62. The van der Waals surface area contributed by atoms with Crippen LogP contribution in [0.4, 0.5) is 0 Å². The molecule has 0 amide bonds. The van der Waals surface area contributed by atoms with E-state index in [0.29, 0.717) is 5.39 Å². The molecule has 0 spiro atoms. The Balaban J connectivity index is 0.00000144. The second-order valence-corrected chi connectivity index (χ2v) is 3.21. The number of aromatic hydroxyl groups is 1. The third-order valence-corrected chi connectivity index (χ3v) is 1.95. The number of rotatable bonds is 1. The summed E-state index contributed by atoms with van der Waals surface area (Å²) in [6, 6.07) is 5.41. The van der Waals surface area contributed by atoms with E-state index < -0.39 is 11.6 Å². The van der Waals surface area contributed by atoms with E-state index in [2.05, 4.69) is 0 Å². The topological polar surface area (TPSA) is 76.7 Å². The molecule has 2 aromatic rings. The molecule has 0 saturated heterocycles. The first-order valence-corrected chi connectivity index (χ1v) is 4.51. The number of phenolic OH excluding ortho intramolecular Hbond substituents is 1. The third-order valence-electron chi connectivity index (χ3n) is 1.95. The predicted octanol–water partition coefficient (Wildman–Crippen LogP) is -1.46. The molecule has 0 aliphatic heterocycles. The Morgan fingerprint density at radius 3 is 2.76 bits per heavy atom. The van der Waals surface area contributed by atoms with Gasteiger partial charge in [0, 0.05) is 24.4 Å². The minimum absolute atomic E-state index is 0. The van der Waals surface area contributed by atoms with Crippen molar-refractivity contribution < 1.29 is 50.0 Å². The molecular weight excluding hydrogens is 235 g/mol. The van der Waals surface area contributed by atoms with E-state index in [1.54, 1.807) is 0 Å². The molecule has 0 radical (unpaired) electrons. The molecule has 0 bridgehead atoms. The number of hydrogen-bond donors (Lipinski definition) is 1. The number of carbonyl (C=O) groups is 1. The quantitative estimate of drug-likeness (QED) is 0.287. The number of ether oxygens (including phenoxy) is 1. The van der Waals surface area contributed by atoms with Gasteiger partial charge in [0.15, 0.2) is 11.5 Å². The van der Waals surface area contributed by atoms with Crippen molar-refractivity contribution in [3.05, 3.63) is 34.7 Å². The fraction of sp³-hybridized carbons (Fsp3) is 0.0909. The van der Waals surface area contributed by atoms with Crippen LogP contribution in [0.25, 0.3) is 11.0 Å². The van der Waals surface area contributed by atoms with Crippen LogP contribution in [0, 0.1) is 0 Å². The molecule has 1 heterocycles. The minimum Gasteiger partial charge on any atom is -1.00 e. The molecule has 0 fully saturated rings. The van der Waals surface area contributed by atoms with Crippen LogP contribution in [0.15, 0.2) is 33.5 Å². The number of carbonyl (C=O) groups excluding carboxylic acids is 1. The van der Waals surface area contributed by atoms with Crippen molar-refractivity contribution in [1.29, 1.82) is 0 Å². The van der Waals surface area contributed by atoms with E-state index >= 15 is 0 Å². The number of fused-ring (bicyclic) bond motifs is 1. The van der Waals surface area contributed by atoms with Crippen LogP contribution in [0.2, 0.25) is 0 Å². The normalized spacial score (nSPS) is 9.71. The Kier molecular flexibility index (Phi) is 4.34. The molecule has 6 heteroatoms. The van der Waals surface area contributed by atoms with Crippen LogP contribution in [-0.4, -0.2) is 11.1 Å². The van der Waals surface area contributed by atoms with E-state index in [9.17, 15) is 14.7 Å². The van der Waals surface area contributed by atoms with Gasteiger partial charge in [0.05, 0.1) is 0 Å². The summed E-state index contributed by atoms with van der Waals surface area (Å²) in [6.45, 7) is 1.21. The maximum absolute atomic E-state index is 11.0. The molecule has 2 rings (SSSR count). The SMILES string of the molecule is CC(=O)Oc1cc2oc(=O)ccc2cc1O.[H-].[Na+]. The second-order valence-electron chi connectivity index (χ2n) is 3.21. The zero-order valence-corrected chi connectivity index (χ0v) is 11.4. The first-order chi connectivity index (χ1) is 7.56. The average molecular weight is 244 g/mol. The zero-order valence-electron chi connectivity index (χ0n) is 10.4. The summed E-state index contributed by atoms with van der Waals surface area (Å²) >= 11 is 0. The van der Waals surface area contributed by atoms with Gasteiger partial charge in [-0.2, -0.15) is 0 Å². The summed E-state index contributed by atoms with van der Waals surface area (Å²) in [5, 5.41) is 10.1. The third kappa shape index (κ3) is 3.09. The van der Waals surface area contributed by atoms with Crippen molar-refractivity contribution >= 4 is 16.9 Å². The van der Waals surface area contributed by atoms with Gasteiger partial charge in [-0.15, -0.1) is 0 Å². The largest absolute Gasteiger partial charge is 1.00 e. The van der Waals surface area contributed by atoms with Gasteiger partial charge in [0.25, 0.3) is 0 Å². The van der Waals surface area contributed by atoms with Gasteiger partial charge in [-0.1, -0.05) is 0 Å². The summed E-state index contributed by atoms with van der Waals surface area (Å²) in [4.78, 5) is 21.7. The molecular formula is C11H9NaO5. The monoisotopic (exact) mass is 244 g/mol. The first kappa shape index (κ1) is 13.8. The number of benzene rings is 1. The van der Waals surface area contributed by atoms with E-state index in [0.717, 1.165) is 0 Å². The van der Waals surface area contributed by atoms with Crippen LogP contribution in [0.5, 0.6) is 11.5 Å². The molecule has 1 aromatic carbocycles. The Hall–Kier alpha value is -1.30. The zero-order chi connectivity index (χ0) is 11.7. The molecule has 0 aliphatic carbocycles. The maximum atomic E-state index is 11.0. The fourth-order valence-electron chi connectivity index (χ4n) is 1.32. The Bertz CT molecular complexity index is 622. The summed E-state index contributed by atoms with van der Waals surface area (Å²) in [7, 11) is 0. The smallest absolute Gasteiger partial charge is 1.00 e. The molecule has 5 nitrogen and oxygen atoms in total. The van der Waals surface area contributed by atoms with Crippen LogP contribution in [0.3, 0.4) is 0 Å². The van der Waals surface area contributed by atoms with Gasteiger partial charge in [-0.25, -0.2) is 4.79 Å². The van der Waals surface area contributed by atoms with Crippen molar-refractivity contribution in [2.75, 3.05) is 0 Å².